The molecule has 0 atom stereocenters. The average molecular weight is 309 g/mol. The molecule has 0 fully saturated rings. The molecular weight excluding hydrogens is 293 g/mol. The monoisotopic (exact) mass is 309 g/mol. The molecule has 0 unspecified atom stereocenters. The van der Waals surface area contributed by atoms with E-state index in [-0.39, 0.29) is 17.2 Å². The molecule has 0 saturated carbocycles. The van der Waals surface area contributed by atoms with Crippen LogP contribution in [0.3, 0.4) is 0 Å². The van der Waals surface area contributed by atoms with Gasteiger partial charge < -0.3 is 5.11 Å². The number of halogens is 1. The molecule has 0 aliphatic heterocycles. The third-order valence-electron chi connectivity index (χ3n) is 3.09. The summed E-state index contributed by atoms with van der Waals surface area (Å²) in [5.41, 5.74) is 1.65. The zero-order valence-electron chi connectivity index (χ0n) is 11.7. The van der Waals surface area contributed by atoms with E-state index in [9.17, 15) is 12.8 Å². The van der Waals surface area contributed by atoms with Crippen molar-refractivity contribution < 1.29 is 17.9 Å². The first-order chi connectivity index (χ1) is 9.83. The van der Waals surface area contributed by atoms with Crippen LogP contribution in [-0.4, -0.2) is 13.5 Å². The van der Waals surface area contributed by atoms with E-state index < -0.39 is 15.8 Å². The lowest BCUT2D eigenvalue weighted by Gasteiger charge is -2.12. The van der Waals surface area contributed by atoms with Gasteiger partial charge in [0, 0.05) is 0 Å². The number of nitrogens with one attached hydrogen (secondary N) is 1. The minimum Gasteiger partial charge on any atom is -0.392 e. The van der Waals surface area contributed by atoms with E-state index in [4.69, 9.17) is 5.11 Å². The Labute approximate surface area is 123 Å². The second-order valence-electron chi connectivity index (χ2n) is 4.85. The number of aliphatic hydroxyl groups is 1. The van der Waals surface area contributed by atoms with Crippen LogP contribution < -0.4 is 4.72 Å². The van der Waals surface area contributed by atoms with Crippen molar-refractivity contribution in [2.24, 2.45) is 0 Å². The van der Waals surface area contributed by atoms with Gasteiger partial charge in [-0.25, -0.2) is 12.8 Å². The number of aliphatic hydroxyl groups excluding tert-OH is 1. The molecule has 0 radical (unpaired) electrons. The van der Waals surface area contributed by atoms with Gasteiger partial charge in [-0.3, -0.25) is 4.72 Å². The molecule has 0 bridgehead atoms. The Kier molecular flexibility index (Phi) is 4.29. The quantitative estimate of drug-likeness (QED) is 0.912. The Balaban J connectivity index is 2.45. The Bertz CT molecular complexity index is 772. The van der Waals surface area contributed by atoms with Gasteiger partial charge >= 0.3 is 0 Å². The zero-order valence-corrected chi connectivity index (χ0v) is 12.5. The summed E-state index contributed by atoms with van der Waals surface area (Å²) in [6.45, 7) is 3.12. The number of hydrogen-bond donors (Lipinski definition) is 2. The van der Waals surface area contributed by atoms with Crippen LogP contribution in [0.25, 0.3) is 0 Å². The molecule has 21 heavy (non-hydrogen) atoms. The molecule has 2 aromatic rings. The Morgan fingerprint density at radius 2 is 1.86 bits per heavy atom. The van der Waals surface area contributed by atoms with Crippen LogP contribution in [0, 0.1) is 19.7 Å². The van der Waals surface area contributed by atoms with E-state index in [1.54, 1.807) is 32.0 Å². The highest BCUT2D eigenvalue weighted by atomic mass is 32.2. The second kappa shape index (κ2) is 5.83. The smallest absolute Gasteiger partial charge is 0.262 e. The highest BCUT2D eigenvalue weighted by Crippen LogP contribution is 2.23. The molecule has 6 heteroatoms. The molecule has 112 valence electrons. The first kappa shape index (κ1) is 15.5. The molecule has 2 aromatic carbocycles. The maximum atomic E-state index is 13.7. The zero-order chi connectivity index (χ0) is 15.6. The number of aryl methyl sites for hydroxylation is 2. The van der Waals surface area contributed by atoms with Crippen molar-refractivity contribution >= 4 is 15.7 Å². The molecule has 0 heterocycles. The fourth-order valence-corrected chi connectivity index (χ4v) is 3.30. The summed E-state index contributed by atoms with van der Waals surface area (Å²) < 4.78 is 40.7. The second-order valence-corrected chi connectivity index (χ2v) is 6.50. The fourth-order valence-electron chi connectivity index (χ4n) is 1.95. The van der Waals surface area contributed by atoms with Gasteiger partial charge in [-0.15, -0.1) is 0 Å². The van der Waals surface area contributed by atoms with Gasteiger partial charge in [0.1, 0.15) is 5.82 Å². The minimum atomic E-state index is -3.92. The third-order valence-corrected chi connectivity index (χ3v) is 4.60. The molecule has 0 aliphatic rings. The maximum Gasteiger partial charge on any atom is 0.262 e. The highest BCUT2D eigenvalue weighted by Gasteiger charge is 2.19. The summed E-state index contributed by atoms with van der Waals surface area (Å²) in [5, 5.41) is 9.11. The van der Waals surface area contributed by atoms with Crippen LogP contribution in [0.15, 0.2) is 41.3 Å². The van der Waals surface area contributed by atoms with Gasteiger partial charge in [0.15, 0.2) is 0 Å². The molecule has 4 nitrogen and oxygen atoms in total. The minimum absolute atomic E-state index is 0.0231. The van der Waals surface area contributed by atoms with Crippen molar-refractivity contribution in [2.45, 2.75) is 25.3 Å². The molecular formula is C15H16FNO3S. The molecule has 2 N–H and O–H groups in total. The number of anilines is 1. The van der Waals surface area contributed by atoms with Gasteiger partial charge in [-0.05, 0) is 48.7 Å². The Hall–Kier alpha value is -1.92. The predicted octanol–water partition coefficient (Wildman–Crippen LogP) is 2.74. The number of sulfonamides is 1. The van der Waals surface area contributed by atoms with Crippen molar-refractivity contribution in [2.75, 3.05) is 4.72 Å². The lowest BCUT2D eigenvalue weighted by Crippen LogP contribution is -2.15. The van der Waals surface area contributed by atoms with Gasteiger partial charge in [0.25, 0.3) is 10.0 Å². The molecule has 0 aliphatic carbocycles. The number of rotatable bonds is 4. The number of hydrogen-bond acceptors (Lipinski definition) is 3. The van der Waals surface area contributed by atoms with Gasteiger partial charge in [-0.2, -0.15) is 0 Å². The van der Waals surface area contributed by atoms with Crippen molar-refractivity contribution in [3.8, 4) is 0 Å². The van der Waals surface area contributed by atoms with Crippen LogP contribution in [0.5, 0.6) is 0 Å². The lowest BCUT2D eigenvalue weighted by molar-refractivity contribution is 0.281. The van der Waals surface area contributed by atoms with E-state index in [2.05, 4.69) is 4.72 Å². The van der Waals surface area contributed by atoms with E-state index in [0.29, 0.717) is 11.1 Å². The summed E-state index contributed by atoms with van der Waals surface area (Å²) in [6, 6.07) is 8.83. The van der Waals surface area contributed by atoms with Crippen LogP contribution in [0.4, 0.5) is 10.1 Å². The summed E-state index contributed by atoms with van der Waals surface area (Å²) in [7, 11) is -3.92. The Morgan fingerprint density at radius 3 is 2.52 bits per heavy atom. The normalized spacial score (nSPS) is 11.4. The van der Waals surface area contributed by atoms with Crippen LogP contribution in [0.1, 0.15) is 16.7 Å². The van der Waals surface area contributed by atoms with Crippen molar-refractivity contribution in [3.05, 3.63) is 58.9 Å². The summed E-state index contributed by atoms with van der Waals surface area (Å²) in [4.78, 5) is 0.0231. The molecule has 0 aromatic heterocycles. The SMILES string of the molecule is Cc1ccc(F)c(NS(=O)(=O)c2cc(CO)ccc2C)c1. The van der Waals surface area contributed by atoms with E-state index in [0.717, 1.165) is 5.56 Å². The van der Waals surface area contributed by atoms with Crippen molar-refractivity contribution in [3.63, 3.8) is 0 Å². The molecule has 0 spiro atoms. The molecule has 0 amide bonds. The summed E-state index contributed by atoms with van der Waals surface area (Å²) >= 11 is 0. The van der Waals surface area contributed by atoms with Gasteiger partial charge in [-0.1, -0.05) is 18.2 Å². The van der Waals surface area contributed by atoms with Crippen molar-refractivity contribution in [1.29, 1.82) is 0 Å². The Morgan fingerprint density at radius 1 is 1.14 bits per heavy atom. The largest absolute Gasteiger partial charge is 0.392 e. The topological polar surface area (TPSA) is 66.4 Å². The van der Waals surface area contributed by atoms with E-state index in [1.165, 1.54) is 18.2 Å². The third kappa shape index (κ3) is 3.40. The molecule has 0 saturated heterocycles. The van der Waals surface area contributed by atoms with E-state index >= 15 is 0 Å². The maximum absolute atomic E-state index is 13.7. The average Bonchev–Trinajstić information content (AvgIpc) is 2.43. The highest BCUT2D eigenvalue weighted by molar-refractivity contribution is 7.92. The molecule has 2 rings (SSSR count). The standard InChI is InChI=1S/C15H16FNO3S/c1-10-3-6-13(16)14(7-10)17-21(19,20)15-8-12(9-18)5-4-11(15)2/h3-8,17-18H,9H2,1-2H3. The lowest BCUT2D eigenvalue weighted by atomic mass is 10.2. The summed E-state index contributed by atoms with van der Waals surface area (Å²) in [5.74, 6) is -0.639. The van der Waals surface area contributed by atoms with Crippen LogP contribution in [-0.2, 0) is 16.6 Å². The van der Waals surface area contributed by atoms with E-state index in [1.807, 2.05) is 0 Å². The van der Waals surface area contributed by atoms with Crippen LogP contribution >= 0.6 is 0 Å². The first-order valence-electron chi connectivity index (χ1n) is 6.33. The van der Waals surface area contributed by atoms with Gasteiger partial charge in [0.05, 0.1) is 17.2 Å². The van der Waals surface area contributed by atoms with Crippen LogP contribution in [0.2, 0.25) is 0 Å². The number of benzene rings is 2. The fraction of sp³-hybridized carbons (Fsp3) is 0.200. The predicted molar refractivity (Wildman–Crippen MR) is 79.0 cm³/mol. The first-order valence-corrected chi connectivity index (χ1v) is 7.81. The van der Waals surface area contributed by atoms with Crippen molar-refractivity contribution in [1.82, 2.24) is 0 Å². The van der Waals surface area contributed by atoms with Gasteiger partial charge in [0.2, 0.25) is 0 Å². The summed E-state index contributed by atoms with van der Waals surface area (Å²) in [6.07, 6.45) is 0.